The average Bonchev–Trinajstić information content (AvgIpc) is 2.66. The summed E-state index contributed by atoms with van der Waals surface area (Å²) in [6.45, 7) is 4.10. The number of ether oxygens (including phenoxy) is 1. The van der Waals surface area contributed by atoms with E-state index < -0.39 is 6.04 Å². The van der Waals surface area contributed by atoms with Crippen LogP contribution in [0.1, 0.15) is 22.7 Å². The van der Waals surface area contributed by atoms with Crippen molar-refractivity contribution in [1.29, 1.82) is 0 Å². The van der Waals surface area contributed by atoms with E-state index in [4.69, 9.17) is 4.74 Å². The van der Waals surface area contributed by atoms with Crippen molar-refractivity contribution in [2.24, 2.45) is 0 Å². The molecule has 0 spiro atoms. The Labute approximate surface area is 160 Å². The lowest BCUT2D eigenvalue weighted by atomic mass is 10.0. The summed E-state index contributed by atoms with van der Waals surface area (Å²) in [6, 6.07) is 22.7. The third kappa shape index (κ3) is 4.88. The van der Waals surface area contributed by atoms with Gasteiger partial charge in [-0.25, -0.2) is 0 Å². The van der Waals surface area contributed by atoms with E-state index in [1.807, 2.05) is 74.5 Å². The van der Waals surface area contributed by atoms with Gasteiger partial charge < -0.3 is 15.4 Å². The molecule has 3 aromatic rings. The summed E-state index contributed by atoms with van der Waals surface area (Å²) < 4.78 is 5.24. The molecule has 2 N–H and O–H groups in total. The molecule has 1 atom stereocenters. The first-order chi connectivity index (χ1) is 13.0. The molecule has 4 nitrogen and oxygen atoms in total. The molecule has 0 saturated carbocycles. The zero-order valence-electron chi connectivity index (χ0n) is 15.8. The van der Waals surface area contributed by atoms with E-state index in [0.29, 0.717) is 11.4 Å². The highest BCUT2D eigenvalue weighted by atomic mass is 16.5. The average molecular weight is 360 g/mol. The third-order valence-corrected chi connectivity index (χ3v) is 4.27. The summed E-state index contributed by atoms with van der Waals surface area (Å²) in [7, 11) is 1.61. The SMILES string of the molecule is COc1cccc(NC(=O)[C@H](Nc2cc(C)cc(C)c2)c2ccccc2)c1. The molecule has 0 fully saturated rings. The van der Waals surface area contributed by atoms with E-state index in [9.17, 15) is 4.79 Å². The second-order valence-corrected chi connectivity index (χ2v) is 6.59. The van der Waals surface area contributed by atoms with Crippen LogP contribution >= 0.6 is 0 Å². The lowest BCUT2D eigenvalue weighted by Crippen LogP contribution is -2.27. The number of carbonyl (C=O) groups is 1. The Balaban J connectivity index is 1.88. The number of anilines is 2. The second kappa shape index (κ2) is 8.41. The molecule has 0 aliphatic rings. The van der Waals surface area contributed by atoms with Gasteiger partial charge in [0.25, 0.3) is 5.91 Å². The van der Waals surface area contributed by atoms with E-state index in [1.165, 1.54) is 0 Å². The van der Waals surface area contributed by atoms with Crippen molar-refractivity contribution >= 4 is 17.3 Å². The maximum absolute atomic E-state index is 13.1. The van der Waals surface area contributed by atoms with Crippen molar-refractivity contribution < 1.29 is 9.53 Å². The standard InChI is InChI=1S/C23H24N2O2/c1-16-12-17(2)14-20(13-16)24-22(18-8-5-4-6-9-18)23(26)25-19-10-7-11-21(15-19)27-3/h4-15,22,24H,1-3H3,(H,25,26)/t22-/m1/s1. The number of hydrogen-bond donors (Lipinski definition) is 2. The minimum Gasteiger partial charge on any atom is -0.497 e. The van der Waals surface area contributed by atoms with Crippen molar-refractivity contribution in [3.63, 3.8) is 0 Å². The van der Waals surface area contributed by atoms with Crippen LogP contribution in [0, 0.1) is 13.8 Å². The molecule has 0 aliphatic carbocycles. The van der Waals surface area contributed by atoms with Gasteiger partial charge in [-0.2, -0.15) is 0 Å². The zero-order chi connectivity index (χ0) is 19.2. The van der Waals surface area contributed by atoms with Gasteiger partial charge in [0.1, 0.15) is 11.8 Å². The number of benzene rings is 3. The predicted molar refractivity (Wildman–Crippen MR) is 110 cm³/mol. The Morgan fingerprint density at radius 2 is 1.56 bits per heavy atom. The highest BCUT2D eigenvalue weighted by Crippen LogP contribution is 2.24. The molecule has 3 rings (SSSR count). The fourth-order valence-electron chi connectivity index (χ4n) is 3.09. The fraction of sp³-hybridized carbons (Fsp3) is 0.174. The van der Waals surface area contributed by atoms with Gasteiger partial charge in [-0.05, 0) is 54.8 Å². The van der Waals surface area contributed by atoms with Gasteiger partial charge in [0.2, 0.25) is 0 Å². The highest BCUT2D eigenvalue weighted by molar-refractivity contribution is 5.97. The molecule has 27 heavy (non-hydrogen) atoms. The van der Waals surface area contributed by atoms with E-state index in [0.717, 1.165) is 22.4 Å². The van der Waals surface area contributed by atoms with Gasteiger partial charge in [-0.15, -0.1) is 0 Å². The van der Waals surface area contributed by atoms with Crippen LogP contribution in [0.4, 0.5) is 11.4 Å². The number of rotatable bonds is 6. The first kappa shape index (κ1) is 18.5. The van der Waals surface area contributed by atoms with Crippen molar-refractivity contribution in [2.45, 2.75) is 19.9 Å². The lowest BCUT2D eigenvalue weighted by Gasteiger charge is -2.21. The van der Waals surface area contributed by atoms with Gasteiger partial charge in [0.05, 0.1) is 7.11 Å². The van der Waals surface area contributed by atoms with E-state index in [-0.39, 0.29) is 5.91 Å². The van der Waals surface area contributed by atoms with Crippen LogP contribution in [-0.4, -0.2) is 13.0 Å². The summed E-state index contributed by atoms with van der Waals surface area (Å²) in [5.74, 6) is 0.569. The van der Waals surface area contributed by atoms with E-state index in [2.05, 4.69) is 16.7 Å². The maximum atomic E-state index is 13.1. The normalized spacial score (nSPS) is 11.5. The predicted octanol–water partition coefficient (Wildman–Crippen LogP) is 5.10. The van der Waals surface area contributed by atoms with Crippen LogP contribution in [0.25, 0.3) is 0 Å². The van der Waals surface area contributed by atoms with Gasteiger partial charge in [0.15, 0.2) is 0 Å². The molecule has 138 valence electrons. The number of amides is 1. The molecule has 0 heterocycles. The lowest BCUT2D eigenvalue weighted by molar-refractivity contribution is -0.117. The third-order valence-electron chi connectivity index (χ3n) is 4.27. The van der Waals surface area contributed by atoms with Crippen LogP contribution in [0.2, 0.25) is 0 Å². The zero-order valence-corrected chi connectivity index (χ0v) is 15.8. The van der Waals surface area contributed by atoms with Crippen LogP contribution in [0.5, 0.6) is 5.75 Å². The molecule has 4 heteroatoms. The molecule has 0 saturated heterocycles. The number of hydrogen-bond acceptors (Lipinski definition) is 3. The summed E-state index contributed by atoms with van der Waals surface area (Å²) >= 11 is 0. The smallest absolute Gasteiger partial charge is 0.251 e. The van der Waals surface area contributed by atoms with Gasteiger partial charge in [-0.3, -0.25) is 4.79 Å². The minimum absolute atomic E-state index is 0.131. The van der Waals surface area contributed by atoms with Gasteiger partial charge >= 0.3 is 0 Å². The highest BCUT2D eigenvalue weighted by Gasteiger charge is 2.21. The Morgan fingerprint density at radius 1 is 0.852 bits per heavy atom. The summed E-state index contributed by atoms with van der Waals surface area (Å²) in [5, 5.41) is 6.37. The Kier molecular flexibility index (Phi) is 5.77. The maximum Gasteiger partial charge on any atom is 0.251 e. The van der Waals surface area contributed by atoms with Crippen molar-refractivity contribution in [2.75, 3.05) is 17.7 Å². The van der Waals surface area contributed by atoms with Crippen LogP contribution in [0.3, 0.4) is 0 Å². The molecule has 0 unspecified atom stereocenters. The first-order valence-electron chi connectivity index (χ1n) is 8.90. The number of methoxy groups -OCH3 is 1. The van der Waals surface area contributed by atoms with Crippen LogP contribution in [-0.2, 0) is 4.79 Å². The Bertz CT molecular complexity index is 902. The number of carbonyl (C=O) groups excluding carboxylic acids is 1. The molecule has 0 aliphatic heterocycles. The monoisotopic (exact) mass is 360 g/mol. The van der Waals surface area contributed by atoms with Crippen molar-refractivity contribution in [3.8, 4) is 5.75 Å². The molecular weight excluding hydrogens is 336 g/mol. The molecule has 3 aromatic carbocycles. The molecule has 0 bridgehead atoms. The van der Waals surface area contributed by atoms with Crippen LogP contribution < -0.4 is 15.4 Å². The largest absolute Gasteiger partial charge is 0.497 e. The van der Waals surface area contributed by atoms with Gasteiger partial charge in [0, 0.05) is 17.4 Å². The van der Waals surface area contributed by atoms with Gasteiger partial charge in [-0.1, -0.05) is 42.5 Å². The van der Waals surface area contributed by atoms with E-state index in [1.54, 1.807) is 13.2 Å². The first-order valence-corrected chi connectivity index (χ1v) is 8.90. The Hall–Kier alpha value is -3.27. The molecule has 0 radical (unpaired) electrons. The second-order valence-electron chi connectivity index (χ2n) is 6.59. The summed E-state index contributed by atoms with van der Waals surface area (Å²) in [6.07, 6.45) is 0. The Morgan fingerprint density at radius 3 is 2.22 bits per heavy atom. The fourth-order valence-corrected chi connectivity index (χ4v) is 3.09. The quantitative estimate of drug-likeness (QED) is 0.643. The summed E-state index contributed by atoms with van der Waals surface area (Å²) in [4.78, 5) is 13.1. The van der Waals surface area contributed by atoms with E-state index >= 15 is 0 Å². The number of nitrogens with one attached hydrogen (secondary N) is 2. The van der Waals surface area contributed by atoms with Crippen LogP contribution in [0.15, 0.2) is 72.8 Å². The number of aryl methyl sites for hydroxylation is 2. The molecule has 0 aromatic heterocycles. The van der Waals surface area contributed by atoms with Crippen molar-refractivity contribution in [3.05, 3.63) is 89.5 Å². The van der Waals surface area contributed by atoms with Crippen molar-refractivity contribution in [1.82, 2.24) is 0 Å². The molecular formula is C23H24N2O2. The summed E-state index contributed by atoms with van der Waals surface area (Å²) in [5.41, 5.74) is 4.82. The minimum atomic E-state index is -0.515. The molecule has 1 amide bonds. The topological polar surface area (TPSA) is 50.4 Å².